The molecule has 3 aromatic rings. The van der Waals surface area contributed by atoms with E-state index in [-0.39, 0.29) is 36.7 Å². The normalized spacial score (nSPS) is 17.0. The summed E-state index contributed by atoms with van der Waals surface area (Å²) in [5.74, 6) is -0.362. The van der Waals surface area contributed by atoms with Crippen LogP contribution in [-0.2, 0) is 44.8 Å². The maximum atomic E-state index is 14.1. The molecule has 15 nitrogen and oxygen atoms in total. The Hall–Kier alpha value is -3.64. The van der Waals surface area contributed by atoms with Gasteiger partial charge in [0, 0.05) is 84.1 Å². The summed E-state index contributed by atoms with van der Waals surface area (Å²) in [6, 6.07) is 7.65. The molecule has 1 aliphatic rings. The molecule has 17 heteroatoms. The van der Waals surface area contributed by atoms with E-state index in [4.69, 9.17) is 0 Å². The van der Waals surface area contributed by atoms with Gasteiger partial charge >= 0.3 is 20.4 Å². The van der Waals surface area contributed by atoms with Crippen LogP contribution in [0, 0.1) is 0 Å². The van der Waals surface area contributed by atoms with E-state index in [0.717, 1.165) is 73.7 Å². The number of imidazole rings is 2. The maximum absolute atomic E-state index is 14.1. The van der Waals surface area contributed by atoms with Crippen molar-refractivity contribution < 1.29 is 26.4 Å². The fourth-order valence-electron chi connectivity index (χ4n) is 6.60. The number of benzene rings is 1. The number of aromatic nitrogens is 4. The largest absolute Gasteiger partial charge is 0.336 e. The van der Waals surface area contributed by atoms with Gasteiger partial charge in [0.2, 0.25) is 5.91 Å². The third kappa shape index (κ3) is 9.43. The van der Waals surface area contributed by atoms with Crippen LogP contribution in [0.2, 0.25) is 0 Å². The number of carbonyl (C=O) groups excluding carboxylic acids is 2. The van der Waals surface area contributed by atoms with Gasteiger partial charge in [-0.15, -0.1) is 0 Å². The summed E-state index contributed by atoms with van der Waals surface area (Å²) in [6.45, 7) is 8.11. The zero-order valence-electron chi connectivity index (χ0n) is 30.8. The van der Waals surface area contributed by atoms with Crippen LogP contribution in [0.25, 0.3) is 0 Å². The van der Waals surface area contributed by atoms with Gasteiger partial charge in [0.15, 0.2) is 0 Å². The highest BCUT2D eigenvalue weighted by molar-refractivity contribution is 7.87. The van der Waals surface area contributed by atoms with E-state index >= 15 is 0 Å². The Bertz CT molecular complexity index is 1750. The summed E-state index contributed by atoms with van der Waals surface area (Å²) < 4.78 is 56.1. The van der Waals surface area contributed by atoms with Gasteiger partial charge in [-0.3, -0.25) is 9.59 Å². The van der Waals surface area contributed by atoms with Crippen molar-refractivity contribution in [3.8, 4) is 0 Å². The Balaban J connectivity index is 1.57. The molecule has 282 valence electrons. The van der Waals surface area contributed by atoms with Gasteiger partial charge in [0.1, 0.15) is 11.6 Å². The Morgan fingerprint density at radius 2 is 1.18 bits per heavy atom. The molecule has 0 radical (unpaired) electrons. The van der Waals surface area contributed by atoms with Crippen molar-refractivity contribution in [2.45, 2.75) is 91.0 Å². The van der Waals surface area contributed by atoms with Crippen molar-refractivity contribution in [1.82, 2.24) is 41.2 Å². The van der Waals surface area contributed by atoms with Gasteiger partial charge in [0.25, 0.3) is 5.91 Å². The lowest BCUT2D eigenvalue weighted by Crippen LogP contribution is -2.45. The fraction of sp³-hybridized carbons (Fsp3) is 0.588. The third-order valence-corrected chi connectivity index (χ3v) is 12.8. The van der Waals surface area contributed by atoms with Crippen LogP contribution in [-0.4, -0.2) is 123 Å². The molecule has 1 aromatic carbocycles. The van der Waals surface area contributed by atoms with E-state index in [2.05, 4.69) is 28.7 Å². The predicted molar refractivity (Wildman–Crippen MR) is 195 cm³/mol. The van der Waals surface area contributed by atoms with Crippen LogP contribution in [0.5, 0.6) is 0 Å². The van der Waals surface area contributed by atoms with Gasteiger partial charge in [-0.2, -0.15) is 25.4 Å². The van der Waals surface area contributed by atoms with Crippen LogP contribution in [0.4, 0.5) is 0 Å². The minimum absolute atomic E-state index is 0.00936. The van der Waals surface area contributed by atoms with Crippen molar-refractivity contribution in [3.63, 3.8) is 0 Å². The van der Waals surface area contributed by atoms with E-state index in [1.807, 2.05) is 17.0 Å². The topological polar surface area (TPSA) is 154 Å². The van der Waals surface area contributed by atoms with Crippen molar-refractivity contribution in [2.24, 2.45) is 0 Å². The first-order chi connectivity index (χ1) is 24.1. The number of carbonyl (C=O) groups is 2. The van der Waals surface area contributed by atoms with Gasteiger partial charge in [-0.25, -0.2) is 17.9 Å². The molecule has 0 N–H and O–H groups in total. The second kappa shape index (κ2) is 17.3. The molecule has 2 amide bonds. The number of hydrogen-bond acceptors (Lipinski definition) is 9. The van der Waals surface area contributed by atoms with E-state index in [0.29, 0.717) is 18.2 Å². The smallest absolute Gasteiger partial charge is 0.308 e. The zero-order valence-corrected chi connectivity index (χ0v) is 32.5. The zero-order chi connectivity index (χ0) is 37.5. The monoisotopic (exact) mass is 747 g/mol. The molecule has 0 bridgehead atoms. The molecular formula is C34H53N9O6S2. The predicted octanol–water partition coefficient (Wildman–Crippen LogP) is 3.01. The molecule has 0 aliphatic heterocycles. The Morgan fingerprint density at radius 1 is 0.725 bits per heavy atom. The summed E-state index contributed by atoms with van der Waals surface area (Å²) in [7, 11) is -2.37. The van der Waals surface area contributed by atoms with Gasteiger partial charge in [-0.1, -0.05) is 26.0 Å². The van der Waals surface area contributed by atoms with E-state index in [1.165, 1.54) is 57.9 Å². The molecule has 0 unspecified atom stereocenters. The van der Waals surface area contributed by atoms with Crippen LogP contribution in [0.3, 0.4) is 0 Å². The van der Waals surface area contributed by atoms with E-state index in [9.17, 15) is 26.4 Å². The van der Waals surface area contributed by atoms with Crippen molar-refractivity contribution in [3.05, 3.63) is 71.8 Å². The Labute approximate surface area is 303 Å². The van der Waals surface area contributed by atoms with Crippen molar-refractivity contribution >= 4 is 32.2 Å². The molecule has 1 aliphatic carbocycles. The number of hydrogen-bond donors (Lipinski definition) is 0. The van der Waals surface area contributed by atoms with Crippen LogP contribution < -0.4 is 0 Å². The van der Waals surface area contributed by atoms with Gasteiger partial charge in [-0.05, 0) is 69.3 Å². The molecule has 51 heavy (non-hydrogen) atoms. The average molecular weight is 748 g/mol. The molecule has 0 spiro atoms. The molecule has 4 rings (SSSR count). The lowest BCUT2D eigenvalue weighted by molar-refractivity contribution is -0.132. The quantitative estimate of drug-likeness (QED) is 0.203. The second-order valence-corrected chi connectivity index (χ2v) is 17.4. The van der Waals surface area contributed by atoms with E-state index < -0.39 is 26.3 Å². The molecule has 0 saturated heterocycles. The standard InChI is InChI=1S/C34H53N9O6S2/c1-8-20-39(21-9-2)30-14-16-31(17-15-30)41(27(3)44)24-28-10-12-29(13-11-28)34(45)40(25-32-35-18-22-42(32)50(46,47)37(4)5)26-33-36-19-23-43(33)51(48,49)38(6)7/h10-13,18-19,22-23,30-31H,8-9,14-17,20-21,24-26H2,1-7H3/t30-,31-. The van der Waals surface area contributed by atoms with Crippen molar-refractivity contribution in [2.75, 3.05) is 41.3 Å². The fourth-order valence-corrected chi connectivity index (χ4v) is 8.46. The Kier molecular flexibility index (Phi) is 13.6. The summed E-state index contributed by atoms with van der Waals surface area (Å²) in [4.78, 5) is 41.3. The Morgan fingerprint density at radius 3 is 1.59 bits per heavy atom. The molecule has 1 saturated carbocycles. The lowest BCUT2D eigenvalue weighted by Gasteiger charge is -2.40. The number of amides is 2. The van der Waals surface area contributed by atoms with Crippen LogP contribution >= 0.6 is 0 Å². The highest BCUT2D eigenvalue weighted by atomic mass is 32.2. The number of nitrogens with zero attached hydrogens (tertiary/aromatic N) is 9. The number of rotatable bonds is 17. The molecule has 0 atom stereocenters. The SMILES string of the molecule is CCCN(CCC)[C@H]1CC[C@H](N(Cc2ccc(C(=O)N(Cc3nccn3S(=O)(=O)N(C)C)Cc3nccn3S(=O)(=O)N(C)C)cc2)C(C)=O)CC1. The first kappa shape index (κ1) is 40.1. The minimum atomic E-state index is -3.96. The second-order valence-electron chi connectivity index (χ2n) is 13.4. The highest BCUT2D eigenvalue weighted by Gasteiger charge is 2.31. The first-order valence-corrected chi connectivity index (χ1v) is 20.2. The summed E-state index contributed by atoms with van der Waals surface area (Å²) >= 11 is 0. The third-order valence-electron chi connectivity index (χ3n) is 9.34. The molecule has 2 aromatic heterocycles. The van der Waals surface area contributed by atoms with Gasteiger partial charge in [0.05, 0.1) is 13.1 Å². The maximum Gasteiger partial charge on any atom is 0.308 e. The van der Waals surface area contributed by atoms with Crippen molar-refractivity contribution in [1.29, 1.82) is 0 Å². The van der Waals surface area contributed by atoms with E-state index in [1.54, 1.807) is 19.1 Å². The summed E-state index contributed by atoms with van der Waals surface area (Å²) in [6.07, 6.45) is 11.5. The molecular weight excluding hydrogens is 695 g/mol. The highest BCUT2D eigenvalue weighted by Crippen LogP contribution is 2.28. The first-order valence-electron chi connectivity index (χ1n) is 17.4. The average Bonchev–Trinajstić information content (AvgIpc) is 3.77. The van der Waals surface area contributed by atoms with Crippen LogP contribution in [0.1, 0.15) is 86.9 Å². The lowest BCUT2D eigenvalue weighted by atomic mass is 9.88. The van der Waals surface area contributed by atoms with Gasteiger partial charge < -0.3 is 14.7 Å². The molecule has 1 fully saturated rings. The summed E-state index contributed by atoms with van der Waals surface area (Å²) in [5.41, 5.74) is 1.16. The molecule has 2 heterocycles. The minimum Gasteiger partial charge on any atom is -0.336 e. The summed E-state index contributed by atoms with van der Waals surface area (Å²) in [5, 5.41) is 0. The van der Waals surface area contributed by atoms with Crippen LogP contribution in [0.15, 0.2) is 49.1 Å².